The van der Waals surface area contributed by atoms with Crippen molar-refractivity contribution in [2.24, 2.45) is 0 Å². The topological polar surface area (TPSA) is 14.8 Å². The van der Waals surface area contributed by atoms with Crippen molar-refractivity contribution in [3.05, 3.63) is 144 Å². The number of benzene rings is 7. The van der Waals surface area contributed by atoms with Crippen LogP contribution in [-0.2, 0) is 16.2 Å². The smallest absolute Gasteiger partial charge is 0.252 e. The lowest BCUT2D eigenvalue weighted by Crippen LogP contribution is -2.59. The van der Waals surface area contributed by atoms with E-state index in [0.717, 1.165) is 0 Å². The van der Waals surface area contributed by atoms with Gasteiger partial charge in [-0.1, -0.05) is 135 Å². The molecule has 0 radical (unpaired) electrons. The van der Waals surface area contributed by atoms with E-state index in [0.29, 0.717) is 0 Å². The maximum absolute atomic E-state index is 2.64. The van der Waals surface area contributed by atoms with E-state index in [9.17, 15) is 0 Å². The van der Waals surface area contributed by atoms with Gasteiger partial charge in [-0.25, -0.2) is 0 Å². The van der Waals surface area contributed by atoms with Gasteiger partial charge in [0.25, 0.3) is 6.71 Å². The first kappa shape index (κ1) is 34.1. The molecule has 58 heavy (non-hydrogen) atoms. The molecule has 10 aromatic rings. The van der Waals surface area contributed by atoms with Gasteiger partial charge in [-0.3, -0.25) is 0 Å². The summed E-state index contributed by atoms with van der Waals surface area (Å²) in [4.78, 5) is 0. The van der Waals surface area contributed by atoms with Crippen molar-refractivity contribution in [2.75, 3.05) is 0 Å². The summed E-state index contributed by atoms with van der Waals surface area (Å²) in [5, 5.41) is 7.88. The van der Waals surface area contributed by atoms with Gasteiger partial charge in [-0.2, -0.15) is 0 Å². The van der Waals surface area contributed by atoms with Crippen molar-refractivity contribution in [1.82, 2.24) is 13.7 Å². The summed E-state index contributed by atoms with van der Waals surface area (Å²) in [6.45, 7) is 21.2. The Morgan fingerprint density at radius 3 is 1.59 bits per heavy atom. The van der Waals surface area contributed by atoms with Crippen LogP contribution in [0.4, 0.5) is 0 Å². The maximum Gasteiger partial charge on any atom is 0.252 e. The predicted molar refractivity (Wildman–Crippen MR) is 250 cm³/mol. The molecule has 0 unspecified atom stereocenters. The molecule has 2 aliphatic rings. The molecule has 0 aliphatic carbocycles. The third-order valence-electron chi connectivity index (χ3n) is 13.7. The summed E-state index contributed by atoms with van der Waals surface area (Å²) in [6, 6.07) is 49.4. The van der Waals surface area contributed by atoms with Crippen molar-refractivity contribution in [2.45, 2.75) is 78.6 Å². The maximum atomic E-state index is 2.64. The van der Waals surface area contributed by atoms with Crippen LogP contribution < -0.4 is 16.4 Å². The highest BCUT2D eigenvalue weighted by Gasteiger charge is 2.42. The van der Waals surface area contributed by atoms with Crippen LogP contribution in [0, 0.1) is 0 Å². The van der Waals surface area contributed by atoms with E-state index in [1.807, 2.05) is 0 Å². The monoisotopic (exact) mass is 749 g/mol. The van der Waals surface area contributed by atoms with E-state index >= 15 is 0 Å². The van der Waals surface area contributed by atoms with Crippen molar-refractivity contribution in [3.8, 4) is 17.1 Å². The second kappa shape index (κ2) is 10.9. The molecule has 4 heteroatoms. The first-order chi connectivity index (χ1) is 27.7. The van der Waals surface area contributed by atoms with Gasteiger partial charge in [0.15, 0.2) is 0 Å². The third kappa shape index (κ3) is 4.36. The van der Waals surface area contributed by atoms with Crippen molar-refractivity contribution in [3.63, 3.8) is 0 Å². The summed E-state index contributed by atoms with van der Waals surface area (Å²) >= 11 is 0. The van der Waals surface area contributed by atoms with E-state index in [4.69, 9.17) is 0 Å². The van der Waals surface area contributed by atoms with Crippen molar-refractivity contribution >= 4 is 88.5 Å². The number of fused-ring (bicyclic) bond motifs is 14. The molecule has 0 bridgehead atoms. The second-order valence-corrected chi connectivity index (χ2v) is 20.3. The van der Waals surface area contributed by atoms with E-state index < -0.39 is 0 Å². The average molecular weight is 750 g/mol. The fourth-order valence-electron chi connectivity index (χ4n) is 10.7. The number of hydrogen-bond donors (Lipinski definition) is 0. The van der Waals surface area contributed by atoms with Crippen LogP contribution in [0.15, 0.2) is 127 Å². The molecule has 0 N–H and O–H groups in total. The van der Waals surface area contributed by atoms with Gasteiger partial charge < -0.3 is 13.7 Å². The zero-order valence-electron chi connectivity index (χ0n) is 35.0. The highest BCUT2D eigenvalue weighted by atomic mass is 15.0. The van der Waals surface area contributed by atoms with Crippen LogP contribution in [0.1, 0.15) is 79.0 Å². The molecule has 0 fully saturated rings. The fourth-order valence-corrected chi connectivity index (χ4v) is 10.7. The lowest BCUT2D eigenvalue weighted by molar-refractivity contribution is 0.590. The van der Waals surface area contributed by atoms with Crippen LogP contribution in [0.3, 0.4) is 0 Å². The minimum Gasteiger partial charge on any atom is -0.310 e. The van der Waals surface area contributed by atoms with Crippen molar-refractivity contribution in [1.29, 1.82) is 0 Å². The first-order valence-corrected chi connectivity index (χ1v) is 21.1. The molecular formula is C54H48BN3. The minimum atomic E-state index is -0.0304. The summed E-state index contributed by atoms with van der Waals surface area (Å²) in [7, 11) is 0. The van der Waals surface area contributed by atoms with Gasteiger partial charge in [0, 0.05) is 54.9 Å². The standard InChI is InChI=1S/C54H48BN3/c1-52(2,3)31-18-23-45-39(26-31)38-22-25-47-49-51(38)57(45)46-24-19-32(53(4,5)6)28-41(46)55(49)42-29-33(54(7,8)9)27-40-37-21-20-34(30-48(37)58(47)50(40)42)56-43-16-12-10-14-35(43)36-15-11-13-17-44(36)56/h10-30H,1-9H3. The Bertz CT molecular complexity index is 3400. The van der Waals surface area contributed by atoms with Gasteiger partial charge in [0.1, 0.15) is 0 Å². The number of para-hydroxylation sites is 2. The van der Waals surface area contributed by atoms with Gasteiger partial charge in [-0.05, 0) is 104 Å². The third-order valence-corrected chi connectivity index (χ3v) is 13.7. The zero-order valence-corrected chi connectivity index (χ0v) is 35.0. The molecule has 3 nitrogen and oxygen atoms in total. The molecule has 0 saturated heterocycles. The summed E-state index contributed by atoms with van der Waals surface area (Å²) in [5.74, 6) is 0. The average Bonchev–Trinajstić information content (AvgIpc) is 3.83. The minimum absolute atomic E-state index is 0.0138. The van der Waals surface area contributed by atoms with Gasteiger partial charge in [-0.15, -0.1) is 0 Å². The molecule has 12 rings (SSSR count). The first-order valence-electron chi connectivity index (χ1n) is 21.1. The molecular weight excluding hydrogens is 701 g/mol. The SMILES string of the molecule is CC(C)(C)c1ccc2c(c1)B1c3cc(C(C)(C)C)cc4c5ccc(-n6c7ccccc7c7ccccc76)cc5n(c34)-c3ccc4c5cc(C(C)(C)C)ccc5n-2c4c31. The van der Waals surface area contributed by atoms with Crippen LogP contribution in [0.2, 0.25) is 0 Å². The highest BCUT2D eigenvalue weighted by molar-refractivity contribution is 7.00. The molecule has 282 valence electrons. The Balaban J connectivity index is 1.26. The molecule has 0 saturated carbocycles. The molecule has 0 amide bonds. The summed E-state index contributed by atoms with van der Waals surface area (Å²) in [6.07, 6.45) is 0. The highest BCUT2D eigenvalue weighted by Crippen LogP contribution is 2.43. The Hall–Kier alpha value is -6.00. The Labute approximate surface area is 340 Å². The van der Waals surface area contributed by atoms with E-state index in [2.05, 4.69) is 203 Å². The summed E-state index contributed by atoms with van der Waals surface area (Å²) in [5.41, 5.74) is 19.9. The zero-order chi connectivity index (χ0) is 39.8. The normalized spacial score (nSPS) is 13.9. The fraction of sp³-hybridized carbons (Fsp3) is 0.222. The molecule has 0 spiro atoms. The van der Waals surface area contributed by atoms with Crippen LogP contribution in [0.25, 0.3) is 82.5 Å². The quantitative estimate of drug-likeness (QED) is 0.149. The second-order valence-electron chi connectivity index (χ2n) is 20.3. The van der Waals surface area contributed by atoms with Crippen LogP contribution in [-0.4, -0.2) is 20.4 Å². The van der Waals surface area contributed by atoms with E-state index in [1.165, 1.54) is 116 Å². The lowest BCUT2D eigenvalue weighted by atomic mass is 9.34. The van der Waals surface area contributed by atoms with Gasteiger partial charge >= 0.3 is 0 Å². The molecule has 7 aromatic carbocycles. The predicted octanol–water partition coefficient (Wildman–Crippen LogP) is 12.0. The molecule has 2 aliphatic heterocycles. The molecule has 0 atom stereocenters. The van der Waals surface area contributed by atoms with Crippen LogP contribution in [0.5, 0.6) is 0 Å². The van der Waals surface area contributed by atoms with Gasteiger partial charge in [0.05, 0.1) is 27.6 Å². The molecule has 5 heterocycles. The number of aromatic nitrogens is 3. The number of hydrogen-bond acceptors (Lipinski definition) is 0. The van der Waals surface area contributed by atoms with E-state index in [-0.39, 0.29) is 23.0 Å². The van der Waals surface area contributed by atoms with Gasteiger partial charge in [0.2, 0.25) is 0 Å². The van der Waals surface area contributed by atoms with E-state index in [1.54, 1.807) is 0 Å². The Morgan fingerprint density at radius 2 is 0.897 bits per heavy atom. The van der Waals surface area contributed by atoms with Crippen molar-refractivity contribution < 1.29 is 0 Å². The Morgan fingerprint density at radius 1 is 0.362 bits per heavy atom. The Kier molecular flexibility index (Phi) is 6.42. The number of nitrogens with zero attached hydrogens (tertiary/aromatic N) is 3. The van der Waals surface area contributed by atoms with Crippen LogP contribution >= 0.6 is 0 Å². The lowest BCUT2D eigenvalue weighted by Gasteiger charge is -2.35. The molecule has 3 aromatic heterocycles. The number of rotatable bonds is 1. The summed E-state index contributed by atoms with van der Waals surface area (Å²) < 4.78 is 7.71. The largest absolute Gasteiger partial charge is 0.310 e.